The van der Waals surface area contributed by atoms with Crippen molar-refractivity contribution < 1.29 is 61.6 Å². The quantitative estimate of drug-likeness (QED) is 0.163. The van der Waals surface area contributed by atoms with Crippen LogP contribution in [0, 0.1) is 0 Å². The molecule has 10 rings (SSSR count). The normalized spacial score (nSPS) is 20.0. The number of ether oxygens (including phenoxy) is 12. The maximum absolute atomic E-state index is 12.6. The minimum absolute atomic E-state index is 0.00724. The predicted octanol–water partition coefficient (Wildman–Crippen LogP) is 9.46. The Morgan fingerprint density at radius 2 is 1.02 bits per heavy atom. The summed E-state index contributed by atoms with van der Waals surface area (Å²) in [5.41, 5.74) is 5.79. The number of hydrogen-bond acceptors (Lipinski definition) is 13. The van der Waals surface area contributed by atoms with Gasteiger partial charge in [-0.25, -0.2) is 0 Å². The van der Waals surface area contributed by atoms with Crippen LogP contribution in [0.5, 0.6) is 57.5 Å². The molecule has 65 heavy (non-hydrogen) atoms. The van der Waals surface area contributed by atoms with Crippen LogP contribution < -0.4 is 47.4 Å². The molecule has 0 bridgehead atoms. The van der Waals surface area contributed by atoms with Crippen LogP contribution in [0.25, 0.3) is 28.7 Å². The van der Waals surface area contributed by atoms with Crippen molar-refractivity contribution >= 4 is 52.9 Å². The zero-order valence-electron chi connectivity index (χ0n) is 39.3. The number of carbonyl (C=O) groups is 1. The van der Waals surface area contributed by atoms with E-state index in [1.54, 1.807) is 56.5 Å². The van der Waals surface area contributed by atoms with E-state index in [4.69, 9.17) is 56.8 Å². The number of rotatable bonds is 7. The van der Waals surface area contributed by atoms with Crippen LogP contribution >= 0.6 is 0 Å². The number of hydrogen-bond donors (Lipinski definition) is 0. The molecule has 0 spiro atoms. The van der Waals surface area contributed by atoms with Gasteiger partial charge in [-0.2, -0.15) is 0 Å². The summed E-state index contributed by atoms with van der Waals surface area (Å²) < 4.78 is 72.9. The van der Waals surface area contributed by atoms with Crippen LogP contribution in [0.15, 0.2) is 52.1 Å². The summed E-state index contributed by atoms with van der Waals surface area (Å²) in [6.07, 6.45) is 1.85. The number of benzene rings is 4. The Kier molecular flexibility index (Phi) is 11.1. The zero-order valence-corrected chi connectivity index (χ0v) is 42.1. The van der Waals surface area contributed by atoms with Crippen LogP contribution in [0.1, 0.15) is 61.1 Å². The molecule has 0 aromatic heterocycles. The number of fused-ring (bicyclic) bond motifs is 12. The molecule has 13 nitrogen and oxygen atoms in total. The van der Waals surface area contributed by atoms with Gasteiger partial charge >= 0.3 is 199 Å². The fraction of sp³-hybridized carbons (Fsp3) is 0.392. The second kappa shape index (κ2) is 16.2. The van der Waals surface area contributed by atoms with E-state index in [0.29, 0.717) is 59.2 Å². The smallest absolute Gasteiger partial charge is 0.180 e. The molecule has 6 aliphatic rings. The van der Waals surface area contributed by atoms with Gasteiger partial charge in [0.15, 0.2) is 29.0 Å². The molecule has 342 valence electrons. The van der Waals surface area contributed by atoms with E-state index in [9.17, 15) is 4.79 Å². The Balaban J connectivity index is 0.000000165. The third kappa shape index (κ3) is 7.34. The van der Waals surface area contributed by atoms with E-state index in [-0.39, 0.29) is 23.9 Å². The predicted molar refractivity (Wildman–Crippen MR) is 249 cm³/mol. The van der Waals surface area contributed by atoms with Gasteiger partial charge in [-0.1, -0.05) is 0 Å². The molecule has 0 aliphatic carbocycles. The molecule has 6 aliphatic heterocycles. The van der Waals surface area contributed by atoms with Gasteiger partial charge in [-0.05, 0) is 32.0 Å². The van der Waals surface area contributed by atoms with Gasteiger partial charge in [0.25, 0.3) is 0 Å². The molecule has 4 aromatic carbocycles. The van der Waals surface area contributed by atoms with E-state index in [1.165, 1.54) is 3.59 Å². The molecule has 0 radical (unpaired) electrons. The van der Waals surface area contributed by atoms with Gasteiger partial charge < -0.3 is 28.4 Å². The molecule has 0 unspecified atom stereocenters. The second-order valence-corrected chi connectivity index (χ2v) is 32.9. The first-order chi connectivity index (χ1) is 31.0. The van der Waals surface area contributed by atoms with E-state index in [2.05, 4.69) is 34.7 Å². The van der Waals surface area contributed by atoms with Crippen LogP contribution in [0.2, 0.25) is 14.8 Å². The van der Waals surface area contributed by atoms with Gasteiger partial charge in [0.2, 0.25) is 0 Å². The van der Waals surface area contributed by atoms with Gasteiger partial charge in [0.1, 0.15) is 29.6 Å². The molecule has 6 heterocycles. The molecule has 0 fully saturated rings. The summed E-state index contributed by atoms with van der Waals surface area (Å²) >= 11 is -2.46. The maximum atomic E-state index is 12.6. The van der Waals surface area contributed by atoms with Crippen molar-refractivity contribution in [3.8, 4) is 57.5 Å². The fourth-order valence-electron chi connectivity index (χ4n) is 9.73. The Hall–Kier alpha value is -5.83. The molecule has 0 amide bonds. The summed E-state index contributed by atoms with van der Waals surface area (Å²) in [7, 11) is 9.76. The molecular weight excluding hydrogens is 939 g/mol. The topological polar surface area (TPSA) is 128 Å². The molecule has 2 atom stereocenters. The Morgan fingerprint density at radius 1 is 0.554 bits per heavy atom. The number of Topliss-reactive ketones (excluding diaryl/α,β-unsaturated/α-hetero) is 1. The van der Waals surface area contributed by atoms with Crippen molar-refractivity contribution in [2.45, 2.75) is 72.3 Å². The summed E-state index contributed by atoms with van der Waals surface area (Å²) in [4.78, 5) is 19.9. The summed E-state index contributed by atoms with van der Waals surface area (Å²) in [5, 5.41) is 0. The second-order valence-electron chi connectivity index (χ2n) is 18.5. The number of ketones is 1. The molecule has 0 saturated carbocycles. The first-order valence-corrected chi connectivity index (χ1v) is 31.6. The maximum Gasteiger partial charge on any atom is 0.180 e. The van der Waals surface area contributed by atoms with Crippen molar-refractivity contribution in [1.82, 2.24) is 0 Å². The molecule has 0 saturated heterocycles. The third-order valence-corrected chi connectivity index (χ3v) is 19.5. The minimum atomic E-state index is -2.46. The van der Waals surface area contributed by atoms with Crippen molar-refractivity contribution in [3.05, 3.63) is 85.5 Å². The Bertz CT molecular complexity index is 2740. The molecule has 14 heteroatoms. The third-order valence-electron chi connectivity index (χ3n) is 12.7. The van der Waals surface area contributed by atoms with E-state index in [1.807, 2.05) is 48.5 Å². The average molecular weight is 996 g/mol. The van der Waals surface area contributed by atoms with Gasteiger partial charge in [0, 0.05) is 29.2 Å². The van der Waals surface area contributed by atoms with Crippen molar-refractivity contribution in [2.24, 2.45) is 0 Å². The zero-order chi connectivity index (χ0) is 46.3. The largest absolute Gasteiger partial charge is 0.496 e. The standard InChI is InChI=1S/C24H24O7.C24H23O6.3CH3.Sn/c1-24(2)20(25)9-14-15(31-24)7-6-12-22(14)30-19-11-29-16-10-18(27-4)17(26-3)8-13(16)21(19)23(12)28-5;1-24(2)9-8-13-16(30-24)7-6-14-22(13)29-20-12-28-17-11-19(26-4)18(25-3)10-15(17)21(20)23(14)27-5;;;;/h6-8,10,19H,9,11H2,1-5H3;6-8,10-11,20H,12H2,1-5H3;3*1H3;/t19-;20-;;;;/m11..../s1. The van der Waals surface area contributed by atoms with Crippen LogP contribution in [-0.2, 0) is 20.7 Å². The van der Waals surface area contributed by atoms with Crippen LogP contribution in [0.3, 0.4) is 0 Å². The minimum Gasteiger partial charge on any atom is -0.496 e. The monoisotopic (exact) mass is 996 g/mol. The first kappa shape index (κ1) is 44.4. The van der Waals surface area contributed by atoms with Crippen molar-refractivity contribution in [2.75, 3.05) is 55.9 Å². The summed E-state index contributed by atoms with van der Waals surface area (Å²) in [5.74, 6) is 8.19. The van der Waals surface area contributed by atoms with E-state index >= 15 is 0 Å². The van der Waals surface area contributed by atoms with Crippen molar-refractivity contribution in [1.29, 1.82) is 0 Å². The van der Waals surface area contributed by atoms with E-state index in [0.717, 1.165) is 67.5 Å². The fourth-order valence-corrected chi connectivity index (χ4v) is 16.7. The molecular formula is C51H56O13Sn. The van der Waals surface area contributed by atoms with E-state index < -0.39 is 30.1 Å². The van der Waals surface area contributed by atoms with Gasteiger partial charge in [-0.15, -0.1) is 0 Å². The summed E-state index contributed by atoms with van der Waals surface area (Å²) in [6, 6.07) is 15.3. The average Bonchev–Trinajstić information content (AvgIpc) is 3.28. The Labute approximate surface area is 383 Å². The number of methoxy groups -OCH3 is 6. The molecule has 4 aromatic rings. The van der Waals surface area contributed by atoms with Gasteiger partial charge in [-0.3, -0.25) is 4.79 Å². The van der Waals surface area contributed by atoms with Crippen molar-refractivity contribution in [3.63, 3.8) is 0 Å². The Morgan fingerprint density at radius 3 is 1.51 bits per heavy atom. The van der Waals surface area contributed by atoms with Crippen LogP contribution in [-0.4, -0.2) is 103 Å². The number of carbonyl (C=O) groups excluding carboxylic acids is 1. The summed E-state index contributed by atoms with van der Waals surface area (Å²) in [6.45, 7) is 8.56. The van der Waals surface area contributed by atoms with Crippen LogP contribution in [0.4, 0.5) is 0 Å². The van der Waals surface area contributed by atoms with Gasteiger partial charge in [0.05, 0.1) is 34.0 Å². The SMILES string of the molecule is COC1=C2c3cc(OC)c(OC)cc3OC[C@H]2Oc2c1ccc1c2C=[C]([Sn]([CH3])([CH3])[CH3])C(C)(C)O1.COC1=C2c3cc(OC)c(OC)cc3OC[C@H]2Oc2c1ccc1c2CC(=O)C(C)(C)O1. The molecule has 0 N–H and O–H groups in total. The first-order valence-electron chi connectivity index (χ1n) is 21.6.